The first-order chi connectivity index (χ1) is 13.1. The van der Waals surface area contributed by atoms with Crippen molar-refractivity contribution in [3.8, 4) is 11.9 Å². The van der Waals surface area contributed by atoms with Crippen molar-refractivity contribution in [3.05, 3.63) is 42.0 Å². The summed E-state index contributed by atoms with van der Waals surface area (Å²) < 4.78 is 16.4. The van der Waals surface area contributed by atoms with Crippen molar-refractivity contribution in [2.75, 3.05) is 38.8 Å². The van der Waals surface area contributed by atoms with Crippen LogP contribution >= 0.6 is 0 Å². The normalized spacial score (nSPS) is 24.7. The lowest BCUT2D eigenvalue weighted by Gasteiger charge is -2.50. The van der Waals surface area contributed by atoms with Crippen LogP contribution in [0.15, 0.2) is 36.4 Å². The number of hydrogen-bond donors (Lipinski definition) is 1. The van der Waals surface area contributed by atoms with Crippen LogP contribution in [0.2, 0.25) is 0 Å². The van der Waals surface area contributed by atoms with Gasteiger partial charge in [0.25, 0.3) is 0 Å². The van der Waals surface area contributed by atoms with Gasteiger partial charge in [0, 0.05) is 19.2 Å². The Bertz CT molecular complexity index is 809. The van der Waals surface area contributed by atoms with Gasteiger partial charge >= 0.3 is 6.01 Å². The van der Waals surface area contributed by atoms with Gasteiger partial charge in [-0.15, -0.1) is 0 Å². The number of carbonyl (C=O) groups excluding carboxylic acids is 1. The summed E-state index contributed by atoms with van der Waals surface area (Å²) in [5.41, 5.74) is 0.523. The monoisotopic (exact) mass is 370 g/mol. The van der Waals surface area contributed by atoms with Crippen molar-refractivity contribution >= 4 is 11.7 Å². The zero-order chi connectivity index (χ0) is 18.9. The number of rotatable bonds is 4. The number of anilines is 1. The third-order valence-electron chi connectivity index (χ3n) is 5.16. The van der Waals surface area contributed by atoms with Crippen molar-refractivity contribution in [2.45, 2.75) is 18.1 Å². The Kier molecular flexibility index (Phi) is 4.57. The number of aromatic nitrogens is 2. The molecule has 1 aromatic carbocycles. The summed E-state index contributed by atoms with van der Waals surface area (Å²) in [5, 5.41) is 3.19. The van der Waals surface area contributed by atoms with E-state index >= 15 is 0 Å². The first-order valence-corrected chi connectivity index (χ1v) is 8.85. The van der Waals surface area contributed by atoms with Crippen LogP contribution < -0.4 is 19.7 Å². The highest BCUT2D eigenvalue weighted by molar-refractivity contribution is 5.79. The lowest BCUT2D eigenvalue weighted by molar-refractivity contribution is -0.146. The van der Waals surface area contributed by atoms with Crippen LogP contribution in [0, 0.1) is 0 Å². The number of methoxy groups -OCH3 is 2. The molecule has 2 aromatic rings. The van der Waals surface area contributed by atoms with Gasteiger partial charge in [-0.1, -0.05) is 30.3 Å². The maximum absolute atomic E-state index is 12.1. The van der Waals surface area contributed by atoms with E-state index in [0.717, 1.165) is 5.56 Å². The minimum atomic E-state index is -0.533. The second kappa shape index (κ2) is 7.03. The highest BCUT2D eigenvalue weighted by atomic mass is 16.5. The smallest absolute Gasteiger partial charge is 0.321 e. The number of nitrogens with zero attached hydrogens (tertiary/aromatic N) is 3. The maximum atomic E-state index is 12.1. The molecule has 0 aliphatic carbocycles. The van der Waals surface area contributed by atoms with Crippen LogP contribution in [0.4, 0.5) is 5.82 Å². The number of ether oxygens (including phenoxy) is 3. The van der Waals surface area contributed by atoms with Gasteiger partial charge in [0.05, 0.1) is 19.8 Å². The van der Waals surface area contributed by atoms with Gasteiger partial charge in [-0.05, 0) is 12.0 Å². The third-order valence-corrected chi connectivity index (χ3v) is 5.16. The second-order valence-corrected chi connectivity index (χ2v) is 6.64. The maximum Gasteiger partial charge on any atom is 0.321 e. The number of morpholine rings is 1. The summed E-state index contributed by atoms with van der Waals surface area (Å²) in [6, 6.07) is 12.0. The average Bonchev–Trinajstić information content (AvgIpc) is 2.73. The zero-order valence-electron chi connectivity index (χ0n) is 15.3. The fourth-order valence-electron chi connectivity index (χ4n) is 3.81. The zero-order valence-corrected chi connectivity index (χ0v) is 15.3. The van der Waals surface area contributed by atoms with E-state index in [1.807, 2.05) is 30.3 Å². The molecule has 8 heteroatoms. The van der Waals surface area contributed by atoms with Crippen LogP contribution in [0.25, 0.3) is 0 Å². The summed E-state index contributed by atoms with van der Waals surface area (Å²) in [4.78, 5) is 22.8. The van der Waals surface area contributed by atoms with Gasteiger partial charge in [-0.2, -0.15) is 9.97 Å². The SMILES string of the molecule is COc1cc(N2CC[C@@]3(c4ccccc4)NC(=O)CO[C@@H]3C2)nc(OC)n1. The number of fused-ring (bicyclic) bond motifs is 1. The van der Waals surface area contributed by atoms with Crippen molar-refractivity contribution in [1.29, 1.82) is 0 Å². The number of amides is 1. The Morgan fingerprint density at radius 1 is 1.22 bits per heavy atom. The lowest BCUT2D eigenvalue weighted by Crippen LogP contribution is -2.66. The Morgan fingerprint density at radius 2 is 2.04 bits per heavy atom. The van der Waals surface area contributed by atoms with Gasteiger partial charge in [-0.25, -0.2) is 0 Å². The van der Waals surface area contributed by atoms with Gasteiger partial charge in [0.2, 0.25) is 11.8 Å². The molecule has 0 spiro atoms. The predicted octanol–water partition coefficient (Wildman–Crippen LogP) is 1.11. The first kappa shape index (κ1) is 17.5. The molecule has 4 rings (SSSR count). The average molecular weight is 370 g/mol. The molecule has 0 radical (unpaired) electrons. The molecule has 0 saturated carbocycles. The summed E-state index contributed by atoms with van der Waals surface area (Å²) in [5.74, 6) is 1.06. The standard InChI is InChI=1S/C19H22N4O4/c1-25-17-10-15(20-18(21-17)26-2)23-9-8-19(13-6-4-3-5-7-13)14(11-23)27-12-16(24)22-19/h3-7,10,14H,8-9,11-12H2,1-2H3,(H,22,24)/t14-,19+/m1/s1. The van der Waals surface area contributed by atoms with Crippen molar-refractivity contribution in [1.82, 2.24) is 15.3 Å². The van der Waals surface area contributed by atoms with Crippen molar-refractivity contribution in [3.63, 3.8) is 0 Å². The van der Waals surface area contributed by atoms with E-state index in [2.05, 4.69) is 20.2 Å². The highest BCUT2D eigenvalue weighted by Gasteiger charge is 2.49. The molecule has 2 aliphatic heterocycles. The Hall–Kier alpha value is -2.87. The van der Waals surface area contributed by atoms with Crippen LogP contribution in [0.3, 0.4) is 0 Å². The highest BCUT2D eigenvalue weighted by Crippen LogP contribution is 2.38. The van der Waals surface area contributed by atoms with Gasteiger partial charge < -0.3 is 24.4 Å². The summed E-state index contributed by atoms with van der Waals surface area (Å²) >= 11 is 0. The fraction of sp³-hybridized carbons (Fsp3) is 0.421. The Morgan fingerprint density at radius 3 is 2.78 bits per heavy atom. The fourth-order valence-corrected chi connectivity index (χ4v) is 3.81. The van der Waals surface area contributed by atoms with E-state index in [4.69, 9.17) is 14.2 Å². The molecule has 2 fully saturated rings. The molecule has 2 atom stereocenters. The molecule has 2 aliphatic rings. The molecule has 27 heavy (non-hydrogen) atoms. The van der Waals surface area contributed by atoms with Crippen molar-refractivity contribution in [2.24, 2.45) is 0 Å². The second-order valence-electron chi connectivity index (χ2n) is 6.64. The molecule has 142 valence electrons. The largest absolute Gasteiger partial charge is 0.481 e. The van der Waals surface area contributed by atoms with Gasteiger partial charge in [-0.3, -0.25) is 4.79 Å². The summed E-state index contributed by atoms with van der Waals surface area (Å²) in [6.45, 7) is 1.33. The number of nitrogens with one attached hydrogen (secondary N) is 1. The quantitative estimate of drug-likeness (QED) is 0.863. The number of hydrogen-bond acceptors (Lipinski definition) is 7. The van der Waals surface area contributed by atoms with Crippen LogP contribution in [-0.4, -0.2) is 55.9 Å². The van der Waals surface area contributed by atoms with Crippen LogP contribution in [0.1, 0.15) is 12.0 Å². The molecule has 1 aromatic heterocycles. The molecular formula is C19H22N4O4. The Labute approximate surface area is 157 Å². The molecule has 3 heterocycles. The Balaban J connectivity index is 1.65. The molecule has 0 unspecified atom stereocenters. The van der Waals surface area contributed by atoms with Crippen LogP contribution in [-0.2, 0) is 15.1 Å². The molecule has 0 bridgehead atoms. The number of carbonyl (C=O) groups is 1. The molecule has 1 N–H and O–H groups in total. The van der Waals surface area contributed by atoms with E-state index in [-0.39, 0.29) is 24.6 Å². The number of benzene rings is 1. The van der Waals surface area contributed by atoms with Gasteiger partial charge in [0.15, 0.2) is 0 Å². The molecule has 2 saturated heterocycles. The molecule has 8 nitrogen and oxygen atoms in total. The molecular weight excluding hydrogens is 348 g/mol. The van der Waals surface area contributed by atoms with Gasteiger partial charge in [0.1, 0.15) is 18.5 Å². The lowest BCUT2D eigenvalue weighted by atomic mass is 9.77. The minimum Gasteiger partial charge on any atom is -0.481 e. The summed E-state index contributed by atoms with van der Waals surface area (Å²) in [6.07, 6.45) is 0.500. The van der Waals surface area contributed by atoms with Crippen molar-refractivity contribution < 1.29 is 19.0 Å². The minimum absolute atomic E-state index is 0.0590. The summed E-state index contributed by atoms with van der Waals surface area (Å²) in [7, 11) is 3.08. The predicted molar refractivity (Wildman–Crippen MR) is 98.0 cm³/mol. The van der Waals surface area contributed by atoms with E-state index in [1.165, 1.54) is 7.11 Å². The topological polar surface area (TPSA) is 85.8 Å². The molecule has 1 amide bonds. The third kappa shape index (κ3) is 3.16. The van der Waals surface area contributed by atoms with E-state index in [9.17, 15) is 4.79 Å². The van der Waals surface area contributed by atoms with E-state index < -0.39 is 5.54 Å². The van der Waals surface area contributed by atoms with E-state index in [0.29, 0.717) is 31.2 Å². The first-order valence-electron chi connectivity index (χ1n) is 8.85. The van der Waals surface area contributed by atoms with E-state index in [1.54, 1.807) is 13.2 Å². The number of piperidine rings is 1. The van der Waals surface area contributed by atoms with Crippen LogP contribution in [0.5, 0.6) is 11.9 Å².